The third-order valence-corrected chi connectivity index (χ3v) is 5.68. The number of amides is 1. The number of esters is 1. The monoisotopic (exact) mass is 457 g/mol. The number of anilines is 2. The maximum Gasteiger partial charge on any atom is 0.358 e. The van der Waals surface area contributed by atoms with Gasteiger partial charge in [-0.15, -0.1) is 11.3 Å². The number of para-hydroxylation sites is 1. The standard InChI is InChI=1S/C26H23N3O3S/c30-24(29(22-14-8-3-9-15-22)17-21-12-6-2-7-13-21)18-32-25(31)23-19-33-26(28-23)27-16-20-10-4-1-5-11-20/h1-15,19H,16-18H2,(H,27,28). The van der Waals surface area contributed by atoms with E-state index in [1.54, 1.807) is 10.3 Å². The van der Waals surface area contributed by atoms with Gasteiger partial charge in [-0.3, -0.25) is 4.79 Å². The van der Waals surface area contributed by atoms with Crippen molar-refractivity contribution in [2.75, 3.05) is 16.8 Å². The summed E-state index contributed by atoms with van der Waals surface area (Å²) in [6.45, 7) is 0.614. The molecule has 0 fully saturated rings. The van der Waals surface area contributed by atoms with E-state index in [9.17, 15) is 9.59 Å². The van der Waals surface area contributed by atoms with Gasteiger partial charge in [-0.25, -0.2) is 9.78 Å². The van der Waals surface area contributed by atoms with Crippen LogP contribution < -0.4 is 10.2 Å². The molecular formula is C26H23N3O3S. The van der Waals surface area contributed by atoms with Crippen LogP contribution in [0.2, 0.25) is 0 Å². The number of nitrogens with zero attached hydrogens (tertiary/aromatic N) is 2. The van der Waals surface area contributed by atoms with Crippen molar-refractivity contribution in [3.8, 4) is 0 Å². The second kappa shape index (κ2) is 11.1. The first-order valence-electron chi connectivity index (χ1n) is 10.5. The Hall–Kier alpha value is -3.97. The van der Waals surface area contributed by atoms with E-state index in [1.807, 2.05) is 91.0 Å². The molecule has 166 valence electrons. The topological polar surface area (TPSA) is 71.5 Å². The third kappa shape index (κ3) is 6.27. The molecule has 0 bridgehead atoms. The highest BCUT2D eigenvalue weighted by Crippen LogP contribution is 2.19. The molecule has 0 radical (unpaired) electrons. The third-order valence-electron chi connectivity index (χ3n) is 4.88. The fraction of sp³-hybridized carbons (Fsp3) is 0.115. The Labute approximate surface area is 196 Å². The normalized spacial score (nSPS) is 10.4. The largest absolute Gasteiger partial charge is 0.451 e. The SMILES string of the molecule is O=C(OCC(=O)N(Cc1ccccc1)c1ccccc1)c1csc(NCc2ccccc2)n1. The van der Waals surface area contributed by atoms with Gasteiger partial charge in [0.15, 0.2) is 17.4 Å². The summed E-state index contributed by atoms with van der Waals surface area (Å²) in [7, 11) is 0. The quantitative estimate of drug-likeness (QED) is 0.352. The van der Waals surface area contributed by atoms with E-state index in [2.05, 4.69) is 10.3 Å². The van der Waals surface area contributed by atoms with Crippen molar-refractivity contribution in [2.24, 2.45) is 0 Å². The molecule has 3 aromatic carbocycles. The predicted molar refractivity (Wildman–Crippen MR) is 130 cm³/mol. The second-order valence-corrected chi connectivity index (χ2v) is 8.11. The number of carbonyl (C=O) groups excluding carboxylic acids is 2. The van der Waals surface area contributed by atoms with Crippen LogP contribution >= 0.6 is 11.3 Å². The number of rotatable bonds is 9. The maximum atomic E-state index is 13.0. The Morgan fingerprint density at radius 3 is 2.12 bits per heavy atom. The average Bonchev–Trinajstić information content (AvgIpc) is 3.35. The number of nitrogens with one attached hydrogen (secondary N) is 1. The van der Waals surface area contributed by atoms with Crippen LogP contribution in [0, 0.1) is 0 Å². The van der Waals surface area contributed by atoms with Gasteiger partial charge in [-0.05, 0) is 23.3 Å². The lowest BCUT2D eigenvalue weighted by molar-refractivity contribution is -0.121. The first kappa shape index (κ1) is 22.2. The summed E-state index contributed by atoms with van der Waals surface area (Å²) in [5.41, 5.74) is 3.01. The zero-order valence-corrected chi connectivity index (χ0v) is 18.7. The summed E-state index contributed by atoms with van der Waals surface area (Å²) in [6, 6.07) is 28.9. The van der Waals surface area contributed by atoms with Crippen LogP contribution in [-0.2, 0) is 22.6 Å². The molecule has 0 unspecified atom stereocenters. The van der Waals surface area contributed by atoms with Crippen LogP contribution in [0.5, 0.6) is 0 Å². The lowest BCUT2D eigenvalue weighted by Gasteiger charge is -2.23. The number of aromatic nitrogens is 1. The van der Waals surface area contributed by atoms with E-state index >= 15 is 0 Å². The van der Waals surface area contributed by atoms with Crippen LogP contribution in [0.4, 0.5) is 10.8 Å². The van der Waals surface area contributed by atoms with Crippen molar-refractivity contribution in [3.63, 3.8) is 0 Å². The Bertz CT molecular complexity index is 1180. The molecule has 4 rings (SSSR count). The van der Waals surface area contributed by atoms with Crippen molar-refractivity contribution in [1.82, 2.24) is 4.98 Å². The summed E-state index contributed by atoms with van der Waals surface area (Å²) in [4.78, 5) is 31.3. The molecule has 33 heavy (non-hydrogen) atoms. The van der Waals surface area contributed by atoms with Gasteiger partial charge in [0.05, 0.1) is 6.54 Å². The zero-order valence-electron chi connectivity index (χ0n) is 17.9. The van der Waals surface area contributed by atoms with E-state index in [0.717, 1.165) is 16.8 Å². The molecule has 1 amide bonds. The minimum Gasteiger partial charge on any atom is -0.451 e. The lowest BCUT2D eigenvalue weighted by Crippen LogP contribution is -2.34. The molecule has 1 aromatic heterocycles. The number of ether oxygens (including phenoxy) is 1. The number of hydrogen-bond donors (Lipinski definition) is 1. The minimum absolute atomic E-state index is 0.178. The Balaban J connectivity index is 1.36. The minimum atomic E-state index is -0.625. The van der Waals surface area contributed by atoms with Gasteiger partial charge in [0, 0.05) is 17.6 Å². The predicted octanol–water partition coefficient (Wildman–Crippen LogP) is 5.15. The first-order chi connectivity index (χ1) is 16.2. The molecule has 6 nitrogen and oxygen atoms in total. The van der Waals surface area contributed by atoms with Gasteiger partial charge in [0.25, 0.3) is 5.91 Å². The molecule has 0 spiro atoms. The van der Waals surface area contributed by atoms with Crippen molar-refractivity contribution in [1.29, 1.82) is 0 Å². The summed E-state index contributed by atoms with van der Waals surface area (Å²) in [5.74, 6) is -0.934. The first-order valence-corrected chi connectivity index (χ1v) is 11.4. The Morgan fingerprint density at radius 2 is 1.45 bits per heavy atom. The summed E-state index contributed by atoms with van der Waals surface area (Å²) >= 11 is 1.32. The van der Waals surface area contributed by atoms with Gasteiger partial charge in [-0.2, -0.15) is 0 Å². The van der Waals surface area contributed by atoms with Gasteiger partial charge < -0.3 is 15.0 Å². The van der Waals surface area contributed by atoms with Crippen LogP contribution in [0.25, 0.3) is 0 Å². The van der Waals surface area contributed by atoms with Gasteiger partial charge >= 0.3 is 5.97 Å². The molecule has 1 N–H and O–H groups in total. The highest BCUT2D eigenvalue weighted by Gasteiger charge is 2.20. The molecule has 0 saturated heterocycles. The molecule has 0 saturated carbocycles. The number of hydrogen-bond acceptors (Lipinski definition) is 6. The number of thiazole rings is 1. The average molecular weight is 458 g/mol. The highest BCUT2D eigenvalue weighted by atomic mass is 32.1. The number of benzene rings is 3. The molecule has 0 atom stereocenters. The van der Waals surface area contributed by atoms with E-state index in [0.29, 0.717) is 18.2 Å². The number of carbonyl (C=O) groups is 2. The molecule has 0 aliphatic carbocycles. The molecule has 4 aromatic rings. The molecule has 7 heteroatoms. The summed E-state index contributed by atoms with van der Waals surface area (Å²) < 4.78 is 5.29. The van der Waals surface area contributed by atoms with Gasteiger partial charge in [0.2, 0.25) is 0 Å². The van der Waals surface area contributed by atoms with Crippen molar-refractivity contribution in [3.05, 3.63) is 113 Å². The second-order valence-electron chi connectivity index (χ2n) is 7.25. The molecule has 0 aliphatic heterocycles. The Kier molecular flexibility index (Phi) is 7.45. The van der Waals surface area contributed by atoms with Crippen molar-refractivity contribution >= 4 is 34.0 Å². The molecule has 0 aliphatic rings. The van der Waals surface area contributed by atoms with Crippen molar-refractivity contribution < 1.29 is 14.3 Å². The van der Waals surface area contributed by atoms with E-state index < -0.39 is 5.97 Å². The smallest absolute Gasteiger partial charge is 0.358 e. The fourth-order valence-corrected chi connectivity index (χ4v) is 3.88. The van der Waals surface area contributed by atoms with Crippen LogP contribution in [0.3, 0.4) is 0 Å². The van der Waals surface area contributed by atoms with Crippen LogP contribution in [0.15, 0.2) is 96.4 Å². The Morgan fingerprint density at radius 1 is 0.848 bits per heavy atom. The van der Waals surface area contributed by atoms with E-state index in [1.165, 1.54) is 11.3 Å². The zero-order chi connectivity index (χ0) is 22.9. The van der Waals surface area contributed by atoms with Gasteiger partial charge in [-0.1, -0.05) is 78.9 Å². The lowest BCUT2D eigenvalue weighted by atomic mass is 10.2. The van der Waals surface area contributed by atoms with E-state index in [-0.39, 0.29) is 18.2 Å². The molecule has 1 heterocycles. The maximum absolute atomic E-state index is 13.0. The van der Waals surface area contributed by atoms with E-state index in [4.69, 9.17) is 4.74 Å². The molecular weight excluding hydrogens is 434 g/mol. The van der Waals surface area contributed by atoms with Crippen molar-refractivity contribution in [2.45, 2.75) is 13.1 Å². The highest BCUT2D eigenvalue weighted by molar-refractivity contribution is 7.13. The summed E-state index contributed by atoms with van der Waals surface area (Å²) in [5, 5.41) is 5.43. The van der Waals surface area contributed by atoms with Crippen LogP contribution in [-0.4, -0.2) is 23.5 Å². The fourth-order valence-electron chi connectivity index (χ4n) is 3.20. The summed E-state index contributed by atoms with van der Waals surface area (Å²) in [6.07, 6.45) is 0. The van der Waals surface area contributed by atoms with Crippen LogP contribution in [0.1, 0.15) is 21.6 Å². The van der Waals surface area contributed by atoms with Gasteiger partial charge in [0.1, 0.15) is 0 Å².